The fourth-order valence-corrected chi connectivity index (χ4v) is 3.01. The van der Waals surface area contributed by atoms with Gasteiger partial charge in [0.2, 0.25) is 0 Å². The largest absolute Gasteiger partial charge is 0.465 e. The minimum Gasteiger partial charge on any atom is -0.465 e. The summed E-state index contributed by atoms with van der Waals surface area (Å²) in [4.78, 5) is 14.7. The van der Waals surface area contributed by atoms with E-state index in [4.69, 9.17) is 9.15 Å². The first-order chi connectivity index (χ1) is 11.6. The summed E-state index contributed by atoms with van der Waals surface area (Å²) in [5.74, 6) is 1.72. The van der Waals surface area contributed by atoms with Crippen molar-refractivity contribution in [3.8, 4) is 0 Å². The van der Waals surface area contributed by atoms with Crippen molar-refractivity contribution in [1.29, 1.82) is 0 Å². The third-order valence-corrected chi connectivity index (χ3v) is 4.31. The number of morpholine rings is 1. The minimum absolute atomic E-state index is 0.0244. The van der Waals surface area contributed by atoms with Crippen LogP contribution in [0.25, 0.3) is 0 Å². The van der Waals surface area contributed by atoms with Crippen molar-refractivity contribution in [2.45, 2.75) is 19.9 Å². The zero-order chi connectivity index (χ0) is 16.9. The van der Waals surface area contributed by atoms with Crippen LogP contribution in [0.3, 0.4) is 0 Å². The van der Waals surface area contributed by atoms with Crippen molar-refractivity contribution in [3.63, 3.8) is 0 Å². The highest BCUT2D eigenvalue weighted by molar-refractivity contribution is 5.94. The van der Waals surface area contributed by atoms with Crippen LogP contribution in [0.2, 0.25) is 0 Å². The van der Waals surface area contributed by atoms with Crippen molar-refractivity contribution in [2.24, 2.45) is 0 Å². The first-order valence-corrected chi connectivity index (χ1v) is 8.36. The van der Waals surface area contributed by atoms with Gasteiger partial charge in [0.25, 0.3) is 5.91 Å². The van der Waals surface area contributed by atoms with E-state index in [9.17, 15) is 4.79 Å². The van der Waals surface area contributed by atoms with Gasteiger partial charge in [-0.1, -0.05) is 17.7 Å². The predicted octanol–water partition coefficient (Wildman–Crippen LogP) is 2.70. The number of hydrogen-bond donors (Lipinski definition) is 1. The van der Waals surface area contributed by atoms with E-state index in [1.165, 1.54) is 0 Å². The first-order valence-electron chi connectivity index (χ1n) is 8.36. The predicted molar refractivity (Wildman–Crippen MR) is 92.1 cm³/mol. The molecular formula is C19H24N2O3. The summed E-state index contributed by atoms with van der Waals surface area (Å²) >= 11 is 0. The van der Waals surface area contributed by atoms with Gasteiger partial charge in [-0.25, -0.2) is 0 Å². The molecule has 1 aromatic carbocycles. The number of nitrogens with one attached hydrogen (secondary N) is 1. The molecule has 5 heteroatoms. The molecule has 2 heterocycles. The third-order valence-electron chi connectivity index (χ3n) is 4.31. The van der Waals surface area contributed by atoms with Gasteiger partial charge in [0.15, 0.2) is 0 Å². The molecule has 1 saturated heterocycles. The summed E-state index contributed by atoms with van der Waals surface area (Å²) in [5, 5.41) is 3.05. The second-order valence-corrected chi connectivity index (χ2v) is 6.19. The molecule has 1 N–H and O–H groups in total. The number of aryl methyl sites for hydroxylation is 2. The lowest BCUT2D eigenvalue weighted by Crippen LogP contribution is -2.43. The van der Waals surface area contributed by atoms with E-state index in [1.54, 1.807) is 0 Å². The molecule has 1 fully saturated rings. The van der Waals surface area contributed by atoms with Gasteiger partial charge in [-0.15, -0.1) is 0 Å². The Morgan fingerprint density at radius 3 is 2.67 bits per heavy atom. The van der Waals surface area contributed by atoms with Gasteiger partial charge in [-0.05, 0) is 38.1 Å². The van der Waals surface area contributed by atoms with Crippen LogP contribution in [0.5, 0.6) is 0 Å². The molecule has 128 valence electrons. The second-order valence-electron chi connectivity index (χ2n) is 6.19. The maximum Gasteiger partial charge on any atom is 0.251 e. The molecule has 0 radical (unpaired) electrons. The Kier molecular flexibility index (Phi) is 5.33. The average molecular weight is 328 g/mol. The van der Waals surface area contributed by atoms with Crippen LogP contribution in [0.1, 0.15) is 33.5 Å². The molecule has 24 heavy (non-hydrogen) atoms. The Balaban J connectivity index is 1.70. The van der Waals surface area contributed by atoms with Crippen molar-refractivity contribution < 1.29 is 13.9 Å². The molecule has 2 aromatic rings. The highest BCUT2D eigenvalue weighted by Crippen LogP contribution is 2.23. The lowest BCUT2D eigenvalue weighted by atomic mass is 10.1. The van der Waals surface area contributed by atoms with E-state index in [0.717, 1.165) is 30.2 Å². The molecule has 3 rings (SSSR count). The molecule has 0 bridgehead atoms. The third kappa shape index (κ3) is 4.04. The number of carbonyl (C=O) groups is 1. The van der Waals surface area contributed by atoms with E-state index >= 15 is 0 Å². The van der Waals surface area contributed by atoms with Gasteiger partial charge in [-0.3, -0.25) is 9.69 Å². The second kappa shape index (κ2) is 7.64. The summed E-state index contributed by atoms with van der Waals surface area (Å²) < 4.78 is 11.3. The maximum atomic E-state index is 12.4. The number of amides is 1. The Bertz CT molecular complexity index is 689. The van der Waals surface area contributed by atoms with E-state index in [-0.39, 0.29) is 11.9 Å². The van der Waals surface area contributed by atoms with Crippen molar-refractivity contribution in [2.75, 3.05) is 32.8 Å². The number of furan rings is 1. The number of ether oxygens (including phenoxy) is 1. The zero-order valence-electron chi connectivity index (χ0n) is 14.2. The number of hydrogen-bond acceptors (Lipinski definition) is 4. The van der Waals surface area contributed by atoms with E-state index in [2.05, 4.69) is 10.2 Å². The highest BCUT2D eigenvalue weighted by atomic mass is 16.5. The first kappa shape index (κ1) is 16.7. The number of nitrogens with zero attached hydrogens (tertiary/aromatic N) is 1. The summed E-state index contributed by atoms with van der Waals surface area (Å²) in [6, 6.07) is 11.6. The van der Waals surface area contributed by atoms with E-state index < -0.39 is 0 Å². The lowest BCUT2D eigenvalue weighted by molar-refractivity contribution is 0.0117. The average Bonchev–Trinajstić information content (AvgIpc) is 3.02. The summed E-state index contributed by atoms with van der Waals surface area (Å²) in [7, 11) is 0. The number of benzene rings is 1. The van der Waals surface area contributed by atoms with Crippen LogP contribution >= 0.6 is 0 Å². The van der Waals surface area contributed by atoms with Gasteiger partial charge in [-0.2, -0.15) is 0 Å². The Hall–Kier alpha value is -2.11. The van der Waals surface area contributed by atoms with Gasteiger partial charge in [0.05, 0.1) is 19.3 Å². The summed E-state index contributed by atoms with van der Waals surface area (Å²) in [6.07, 6.45) is 0. The molecule has 0 spiro atoms. The molecule has 0 saturated carbocycles. The van der Waals surface area contributed by atoms with Crippen LogP contribution in [0.15, 0.2) is 40.8 Å². The summed E-state index contributed by atoms with van der Waals surface area (Å²) in [6.45, 7) is 7.53. The van der Waals surface area contributed by atoms with Crippen molar-refractivity contribution in [1.82, 2.24) is 10.2 Å². The molecule has 1 unspecified atom stereocenters. The Labute approximate surface area is 142 Å². The lowest BCUT2D eigenvalue weighted by Gasteiger charge is -2.33. The van der Waals surface area contributed by atoms with Crippen LogP contribution in [-0.2, 0) is 4.74 Å². The van der Waals surface area contributed by atoms with E-state index in [1.807, 2.05) is 50.2 Å². The fourth-order valence-electron chi connectivity index (χ4n) is 3.01. The monoisotopic (exact) mass is 328 g/mol. The Morgan fingerprint density at radius 2 is 2.00 bits per heavy atom. The van der Waals surface area contributed by atoms with Gasteiger partial charge in [0, 0.05) is 25.2 Å². The Morgan fingerprint density at radius 1 is 1.21 bits per heavy atom. The molecule has 1 amide bonds. The highest BCUT2D eigenvalue weighted by Gasteiger charge is 2.25. The fraction of sp³-hybridized carbons (Fsp3) is 0.421. The molecule has 5 nitrogen and oxygen atoms in total. The standard InChI is InChI=1S/C19H24N2O3/c1-14-4-3-5-16(12-14)19(22)20-13-17(18-7-6-15(2)24-18)21-8-10-23-11-9-21/h3-7,12,17H,8-11,13H2,1-2H3,(H,20,22). The minimum atomic E-state index is -0.0553. The molecular weight excluding hydrogens is 304 g/mol. The quantitative estimate of drug-likeness (QED) is 0.917. The van der Waals surface area contributed by atoms with Gasteiger partial charge in [0.1, 0.15) is 11.5 Å². The number of carbonyl (C=O) groups excluding carboxylic acids is 1. The maximum absolute atomic E-state index is 12.4. The smallest absolute Gasteiger partial charge is 0.251 e. The van der Waals surface area contributed by atoms with Crippen LogP contribution in [-0.4, -0.2) is 43.7 Å². The normalized spacial score (nSPS) is 16.8. The molecule has 1 aliphatic heterocycles. The molecule has 1 atom stereocenters. The number of rotatable bonds is 5. The van der Waals surface area contributed by atoms with E-state index in [0.29, 0.717) is 25.3 Å². The van der Waals surface area contributed by atoms with Crippen molar-refractivity contribution >= 4 is 5.91 Å². The summed E-state index contributed by atoms with van der Waals surface area (Å²) in [5.41, 5.74) is 1.76. The molecule has 1 aliphatic rings. The van der Waals surface area contributed by atoms with Gasteiger partial charge >= 0.3 is 0 Å². The zero-order valence-corrected chi connectivity index (χ0v) is 14.2. The van der Waals surface area contributed by atoms with Crippen LogP contribution in [0, 0.1) is 13.8 Å². The van der Waals surface area contributed by atoms with Gasteiger partial charge < -0.3 is 14.5 Å². The molecule has 0 aliphatic carbocycles. The SMILES string of the molecule is Cc1cccc(C(=O)NCC(c2ccc(C)o2)N2CCOCC2)c1. The van der Waals surface area contributed by atoms with Crippen LogP contribution in [0.4, 0.5) is 0 Å². The van der Waals surface area contributed by atoms with Crippen molar-refractivity contribution in [3.05, 3.63) is 59.0 Å². The van der Waals surface area contributed by atoms with Crippen LogP contribution < -0.4 is 5.32 Å². The topological polar surface area (TPSA) is 54.7 Å². The molecule has 1 aromatic heterocycles.